The molecule has 0 saturated carbocycles. The first kappa shape index (κ1) is 12.3. The van der Waals surface area contributed by atoms with Crippen LogP contribution >= 0.6 is 27.3 Å². The normalized spacial score (nSPS) is 10.6. The molecule has 2 aromatic rings. The van der Waals surface area contributed by atoms with Crippen molar-refractivity contribution in [1.29, 1.82) is 0 Å². The largest absolute Gasteiger partial charge is 0.288 e. The van der Waals surface area contributed by atoms with Gasteiger partial charge in [-0.3, -0.25) is 4.79 Å². The molecule has 0 fully saturated rings. The molecule has 0 saturated heterocycles. The predicted octanol–water partition coefficient (Wildman–Crippen LogP) is 4.16. The van der Waals surface area contributed by atoms with Crippen molar-refractivity contribution >= 4 is 33.0 Å². The van der Waals surface area contributed by atoms with E-state index in [1.54, 1.807) is 6.07 Å². The van der Waals surface area contributed by atoms with Crippen molar-refractivity contribution in [2.45, 2.75) is 0 Å². The topological polar surface area (TPSA) is 17.1 Å². The highest BCUT2D eigenvalue weighted by Gasteiger charge is 2.17. The van der Waals surface area contributed by atoms with Crippen molar-refractivity contribution in [2.75, 3.05) is 0 Å². The molecule has 0 aliphatic heterocycles. The van der Waals surface area contributed by atoms with Gasteiger partial charge in [0.15, 0.2) is 17.5 Å². The van der Waals surface area contributed by atoms with Gasteiger partial charge < -0.3 is 0 Å². The molecule has 1 heterocycles. The van der Waals surface area contributed by atoms with Gasteiger partial charge in [0.2, 0.25) is 5.78 Å². The summed E-state index contributed by atoms with van der Waals surface area (Å²) in [5.74, 6) is -4.86. The van der Waals surface area contributed by atoms with E-state index >= 15 is 0 Å². The minimum absolute atomic E-state index is 0.212. The smallest absolute Gasteiger partial charge is 0.203 e. The van der Waals surface area contributed by atoms with E-state index in [2.05, 4.69) is 15.9 Å². The van der Waals surface area contributed by atoms with Crippen molar-refractivity contribution < 1.29 is 18.0 Å². The van der Waals surface area contributed by atoms with E-state index in [1.165, 1.54) is 6.07 Å². The van der Waals surface area contributed by atoms with Gasteiger partial charge in [0.25, 0.3) is 0 Å². The highest BCUT2D eigenvalue weighted by molar-refractivity contribution is 9.11. The lowest BCUT2D eigenvalue weighted by atomic mass is 10.1. The Bertz CT molecular complexity index is 571. The minimum atomic E-state index is -1.58. The van der Waals surface area contributed by atoms with Crippen molar-refractivity contribution in [2.24, 2.45) is 0 Å². The van der Waals surface area contributed by atoms with E-state index in [0.29, 0.717) is 17.0 Å². The maximum Gasteiger partial charge on any atom is 0.203 e. The zero-order chi connectivity index (χ0) is 12.6. The molecule has 2 rings (SSSR count). The van der Waals surface area contributed by atoms with E-state index in [4.69, 9.17) is 0 Å². The molecule has 0 amide bonds. The number of carbonyl (C=O) groups is 1. The lowest BCUT2D eigenvalue weighted by Crippen LogP contribution is -2.02. The fourth-order valence-electron chi connectivity index (χ4n) is 1.27. The van der Waals surface area contributed by atoms with Crippen LogP contribution in [-0.2, 0) is 0 Å². The van der Waals surface area contributed by atoms with Crippen molar-refractivity contribution in [1.82, 2.24) is 0 Å². The van der Waals surface area contributed by atoms with E-state index in [0.717, 1.165) is 15.1 Å². The highest BCUT2D eigenvalue weighted by atomic mass is 79.9. The predicted molar refractivity (Wildman–Crippen MR) is 61.8 cm³/mol. The van der Waals surface area contributed by atoms with E-state index in [9.17, 15) is 18.0 Å². The van der Waals surface area contributed by atoms with Crippen molar-refractivity contribution in [3.8, 4) is 0 Å². The number of thiophene rings is 1. The van der Waals surface area contributed by atoms with Crippen LogP contribution in [0.3, 0.4) is 0 Å². The summed E-state index contributed by atoms with van der Waals surface area (Å²) in [5, 5.41) is 0. The maximum absolute atomic E-state index is 12.9. The molecule has 1 aromatic carbocycles. The van der Waals surface area contributed by atoms with E-state index in [1.807, 2.05) is 0 Å². The lowest BCUT2D eigenvalue weighted by molar-refractivity contribution is 0.104. The zero-order valence-corrected chi connectivity index (χ0v) is 10.5. The first-order valence-electron chi connectivity index (χ1n) is 4.43. The van der Waals surface area contributed by atoms with Gasteiger partial charge in [0, 0.05) is 5.56 Å². The number of halogens is 4. The number of rotatable bonds is 2. The van der Waals surface area contributed by atoms with Crippen LogP contribution in [0.5, 0.6) is 0 Å². The fraction of sp³-hybridized carbons (Fsp3) is 0. The summed E-state index contributed by atoms with van der Waals surface area (Å²) in [6.07, 6.45) is 0. The molecule has 0 bridgehead atoms. The van der Waals surface area contributed by atoms with Gasteiger partial charge in [0.1, 0.15) is 0 Å². The van der Waals surface area contributed by atoms with Gasteiger partial charge in [-0.25, -0.2) is 13.2 Å². The Morgan fingerprint density at radius 3 is 2.18 bits per heavy atom. The number of hydrogen-bond acceptors (Lipinski definition) is 2. The summed E-state index contributed by atoms with van der Waals surface area (Å²) < 4.78 is 39.3. The Labute approximate surface area is 107 Å². The van der Waals surface area contributed by atoms with Gasteiger partial charge >= 0.3 is 0 Å². The van der Waals surface area contributed by atoms with Crippen LogP contribution in [-0.4, -0.2) is 5.78 Å². The minimum Gasteiger partial charge on any atom is -0.288 e. The SMILES string of the molecule is O=C(c1cc(F)c(F)c(F)c1)c1ccc(Br)s1. The first-order chi connectivity index (χ1) is 7.99. The molecule has 0 atom stereocenters. The molecule has 0 unspecified atom stereocenters. The summed E-state index contributed by atoms with van der Waals surface area (Å²) in [4.78, 5) is 12.1. The maximum atomic E-state index is 12.9. The molecule has 0 radical (unpaired) electrons. The Kier molecular flexibility index (Phi) is 3.35. The van der Waals surface area contributed by atoms with Crippen LogP contribution in [0.2, 0.25) is 0 Å². The average molecular weight is 321 g/mol. The number of carbonyl (C=O) groups excluding carboxylic acids is 1. The molecule has 0 N–H and O–H groups in total. The Balaban J connectivity index is 2.44. The van der Waals surface area contributed by atoms with Crippen LogP contribution < -0.4 is 0 Å². The zero-order valence-electron chi connectivity index (χ0n) is 8.14. The van der Waals surface area contributed by atoms with Crippen LogP contribution in [0, 0.1) is 17.5 Å². The average Bonchev–Trinajstić information content (AvgIpc) is 2.71. The van der Waals surface area contributed by atoms with Crippen LogP contribution in [0.1, 0.15) is 15.2 Å². The van der Waals surface area contributed by atoms with Gasteiger partial charge in [-0.2, -0.15) is 0 Å². The Morgan fingerprint density at radius 2 is 1.71 bits per heavy atom. The molecule has 1 nitrogen and oxygen atoms in total. The van der Waals surface area contributed by atoms with E-state index < -0.39 is 23.2 Å². The van der Waals surface area contributed by atoms with Gasteiger partial charge in [-0.05, 0) is 40.2 Å². The third kappa shape index (κ3) is 2.42. The standard InChI is InChI=1S/C11H4BrF3OS/c12-9-2-1-8(17-9)11(16)5-3-6(13)10(15)7(14)4-5/h1-4H. The quantitative estimate of drug-likeness (QED) is 0.600. The Morgan fingerprint density at radius 1 is 1.12 bits per heavy atom. The second-order valence-corrected chi connectivity index (χ2v) is 5.65. The lowest BCUT2D eigenvalue weighted by Gasteiger charge is -2.00. The van der Waals surface area contributed by atoms with Crippen LogP contribution in [0.4, 0.5) is 13.2 Å². The summed E-state index contributed by atoms with van der Waals surface area (Å²) >= 11 is 4.31. The molecular formula is C11H4BrF3OS. The first-order valence-corrected chi connectivity index (χ1v) is 6.04. The van der Waals surface area contributed by atoms with Crippen molar-refractivity contribution in [3.63, 3.8) is 0 Å². The number of hydrogen-bond donors (Lipinski definition) is 0. The van der Waals surface area contributed by atoms with Crippen LogP contribution in [0.25, 0.3) is 0 Å². The molecule has 0 spiro atoms. The van der Waals surface area contributed by atoms with Crippen LogP contribution in [0.15, 0.2) is 28.1 Å². The molecule has 0 aliphatic rings. The van der Waals surface area contributed by atoms with Crippen molar-refractivity contribution in [3.05, 3.63) is 55.9 Å². The van der Waals surface area contributed by atoms with Gasteiger partial charge in [0.05, 0.1) is 8.66 Å². The second kappa shape index (κ2) is 4.62. The fourth-order valence-corrected chi connectivity index (χ4v) is 2.61. The Hall–Kier alpha value is -1.14. The second-order valence-electron chi connectivity index (χ2n) is 3.19. The van der Waals surface area contributed by atoms with E-state index in [-0.39, 0.29) is 5.56 Å². The third-order valence-electron chi connectivity index (χ3n) is 2.04. The summed E-state index contributed by atoms with van der Waals surface area (Å²) in [6, 6.07) is 4.55. The molecule has 88 valence electrons. The summed E-state index contributed by atoms with van der Waals surface area (Å²) in [6.45, 7) is 0. The summed E-state index contributed by atoms with van der Waals surface area (Å²) in [7, 11) is 0. The monoisotopic (exact) mass is 320 g/mol. The molecule has 0 aliphatic carbocycles. The van der Waals surface area contributed by atoms with Gasteiger partial charge in [-0.15, -0.1) is 11.3 Å². The number of ketones is 1. The molecule has 6 heteroatoms. The van der Waals surface area contributed by atoms with Gasteiger partial charge in [-0.1, -0.05) is 0 Å². The highest BCUT2D eigenvalue weighted by Crippen LogP contribution is 2.25. The molecule has 1 aromatic heterocycles. The number of benzene rings is 1. The summed E-state index contributed by atoms with van der Waals surface area (Å²) in [5.41, 5.74) is -0.212. The third-order valence-corrected chi connectivity index (χ3v) is 3.67. The molecular weight excluding hydrogens is 317 g/mol. The molecule has 17 heavy (non-hydrogen) atoms.